The lowest BCUT2D eigenvalue weighted by atomic mass is 9.82. The summed E-state index contributed by atoms with van der Waals surface area (Å²) < 4.78 is 7.94. The van der Waals surface area contributed by atoms with Crippen LogP contribution in [-0.2, 0) is 16.6 Å². The molecule has 2 amide bonds. The molecule has 3 aliphatic rings. The first kappa shape index (κ1) is 16.6. The van der Waals surface area contributed by atoms with Gasteiger partial charge in [-0.25, -0.2) is 0 Å². The fourth-order valence-corrected chi connectivity index (χ4v) is 4.06. The van der Waals surface area contributed by atoms with Crippen LogP contribution in [-0.4, -0.2) is 53.1 Å². The lowest BCUT2D eigenvalue weighted by molar-refractivity contribution is -0.189. The summed E-state index contributed by atoms with van der Waals surface area (Å²) in [4.78, 5) is 26.4. The number of nitrogens with zero attached hydrogens (tertiary/aromatic N) is 2. The standard InChI is InChI=1S/C19H27N3O3/c1-13-8-15(13)18(24)22-11-19(12-22)6-5-14(10-25-19)9-20-17(23)16-4-3-7-21(16)2/h3-4,7,13-15H,5-6,8-12H2,1-2H3,(H,20,23). The summed E-state index contributed by atoms with van der Waals surface area (Å²) in [7, 11) is 1.87. The average Bonchev–Trinajstić information content (AvgIpc) is 3.15. The van der Waals surface area contributed by atoms with E-state index < -0.39 is 0 Å². The number of rotatable bonds is 4. The topological polar surface area (TPSA) is 63.6 Å². The van der Waals surface area contributed by atoms with Crippen LogP contribution < -0.4 is 5.32 Å². The molecular formula is C19H27N3O3. The number of aromatic nitrogens is 1. The van der Waals surface area contributed by atoms with Gasteiger partial charge in [0, 0.05) is 25.7 Å². The molecule has 0 aromatic carbocycles. The van der Waals surface area contributed by atoms with Crippen molar-refractivity contribution >= 4 is 11.8 Å². The minimum Gasteiger partial charge on any atom is -0.371 e. The predicted octanol–water partition coefficient (Wildman–Crippen LogP) is 1.42. The zero-order valence-corrected chi connectivity index (χ0v) is 15.0. The van der Waals surface area contributed by atoms with Gasteiger partial charge in [0.1, 0.15) is 11.3 Å². The van der Waals surface area contributed by atoms with Crippen LogP contribution in [0.1, 0.15) is 36.7 Å². The normalized spacial score (nSPS) is 30.0. The molecule has 3 fully saturated rings. The molecular weight excluding hydrogens is 318 g/mol. The Morgan fingerprint density at radius 3 is 2.72 bits per heavy atom. The minimum atomic E-state index is -0.119. The van der Waals surface area contributed by atoms with E-state index in [4.69, 9.17) is 4.74 Å². The van der Waals surface area contributed by atoms with Crippen molar-refractivity contribution in [3.05, 3.63) is 24.0 Å². The Hall–Kier alpha value is -1.82. The van der Waals surface area contributed by atoms with Crippen molar-refractivity contribution < 1.29 is 14.3 Å². The fourth-order valence-electron chi connectivity index (χ4n) is 4.06. The highest BCUT2D eigenvalue weighted by Gasteiger charge is 2.52. The minimum absolute atomic E-state index is 0.0354. The molecule has 3 unspecified atom stereocenters. The van der Waals surface area contributed by atoms with Gasteiger partial charge in [0.25, 0.3) is 5.91 Å². The molecule has 0 bridgehead atoms. The molecule has 6 nitrogen and oxygen atoms in total. The lowest BCUT2D eigenvalue weighted by Crippen LogP contribution is -2.66. The Morgan fingerprint density at radius 2 is 2.16 bits per heavy atom. The molecule has 3 heterocycles. The average molecular weight is 345 g/mol. The Morgan fingerprint density at radius 1 is 1.40 bits per heavy atom. The van der Waals surface area contributed by atoms with Crippen LogP contribution in [0.2, 0.25) is 0 Å². The van der Waals surface area contributed by atoms with Crippen molar-refractivity contribution in [2.24, 2.45) is 24.8 Å². The number of nitrogens with one attached hydrogen (secondary N) is 1. The van der Waals surface area contributed by atoms with E-state index in [0.29, 0.717) is 36.6 Å². The monoisotopic (exact) mass is 345 g/mol. The van der Waals surface area contributed by atoms with Gasteiger partial charge in [0.05, 0.1) is 19.7 Å². The molecule has 3 atom stereocenters. The first-order chi connectivity index (χ1) is 12.0. The summed E-state index contributed by atoms with van der Waals surface area (Å²) in [5, 5.41) is 3.01. The van der Waals surface area contributed by atoms with Crippen LogP contribution in [0.15, 0.2) is 18.3 Å². The smallest absolute Gasteiger partial charge is 0.267 e. The molecule has 1 saturated carbocycles. The number of aryl methyl sites for hydroxylation is 1. The number of ether oxygens (including phenoxy) is 1. The van der Waals surface area contributed by atoms with Crippen molar-refractivity contribution in [1.82, 2.24) is 14.8 Å². The van der Waals surface area contributed by atoms with E-state index in [2.05, 4.69) is 12.2 Å². The third-order valence-electron chi connectivity index (χ3n) is 6.06. The number of hydrogen-bond acceptors (Lipinski definition) is 3. The van der Waals surface area contributed by atoms with E-state index in [1.807, 2.05) is 34.8 Å². The van der Waals surface area contributed by atoms with Gasteiger partial charge in [-0.2, -0.15) is 0 Å². The molecule has 1 spiro atoms. The molecule has 1 N–H and O–H groups in total. The summed E-state index contributed by atoms with van der Waals surface area (Å²) in [6.07, 6.45) is 4.93. The van der Waals surface area contributed by atoms with Crippen LogP contribution in [0.5, 0.6) is 0 Å². The maximum Gasteiger partial charge on any atom is 0.267 e. The Bertz CT molecular complexity index is 667. The number of carbonyl (C=O) groups is 2. The van der Waals surface area contributed by atoms with Crippen LogP contribution in [0, 0.1) is 17.8 Å². The van der Waals surface area contributed by atoms with Gasteiger partial charge in [0.2, 0.25) is 5.91 Å². The van der Waals surface area contributed by atoms with Crippen molar-refractivity contribution in [2.75, 3.05) is 26.2 Å². The SMILES string of the molecule is CC1CC1C(=O)N1CC2(CCC(CNC(=O)c3cccn3C)CO2)C1. The van der Waals surface area contributed by atoms with Gasteiger partial charge >= 0.3 is 0 Å². The van der Waals surface area contributed by atoms with E-state index in [9.17, 15) is 9.59 Å². The molecule has 1 aliphatic carbocycles. The molecule has 2 aliphatic heterocycles. The van der Waals surface area contributed by atoms with Gasteiger partial charge in [-0.05, 0) is 43.2 Å². The number of carbonyl (C=O) groups excluding carboxylic acids is 2. The molecule has 0 radical (unpaired) electrons. The molecule has 1 aromatic heterocycles. The second-order valence-corrected chi connectivity index (χ2v) is 8.13. The van der Waals surface area contributed by atoms with E-state index >= 15 is 0 Å². The van der Waals surface area contributed by atoms with Crippen molar-refractivity contribution in [3.63, 3.8) is 0 Å². The Balaban J connectivity index is 1.20. The van der Waals surface area contributed by atoms with E-state index in [1.165, 1.54) is 0 Å². The summed E-state index contributed by atoms with van der Waals surface area (Å²) in [6, 6.07) is 3.69. The fraction of sp³-hybridized carbons (Fsp3) is 0.684. The second-order valence-electron chi connectivity index (χ2n) is 8.13. The molecule has 136 valence electrons. The zero-order valence-electron chi connectivity index (χ0n) is 15.0. The summed E-state index contributed by atoms with van der Waals surface area (Å²) in [6.45, 7) is 4.94. The van der Waals surface area contributed by atoms with E-state index in [1.54, 1.807) is 0 Å². The highest BCUT2D eigenvalue weighted by atomic mass is 16.5. The van der Waals surface area contributed by atoms with Gasteiger partial charge < -0.3 is 19.5 Å². The molecule has 6 heteroatoms. The largest absolute Gasteiger partial charge is 0.371 e. The van der Waals surface area contributed by atoms with Crippen LogP contribution in [0.3, 0.4) is 0 Å². The lowest BCUT2D eigenvalue weighted by Gasteiger charge is -2.53. The van der Waals surface area contributed by atoms with Gasteiger partial charge in [-0.3, -0.25) is 9.59 Å². The Labute approximate surface area is 148 Å². The second kappa shape index (κ2) is 6.16. The number of amides is 2. The summed E-state index contributed by atoms with van der Waals surface area (Å²) >= 11 is 0. The quantitative estimate of drug-likeness (QED) is 0.898. The molecule has 25 heavy (non-hydrogen) atoms. The van der Waals surface area contributed by atoms with E-state index in [-0.39, 0.29) is 17.4 Å². The van der Waals surface area contributed by atoms with E-state index in [0.717, 1.165) is 32.4 Å². The Kier molecular flexibility index (Phi) is 4.10. The molecule has 2 saturated heterocycles. The zero-order chi connectivity index (χ0) is 17.6. The van der Waals surface area contributed by atoms with Crippen molar-refractivity contribution in [2.45, 2.75) is 31.8 Å². The molecule has 4 rings (SSSR count). The highest BCUT2D eigenvalue weighted by Crippen LogP contribution is 2.43. The van der Waals surface area contributed by atoms with Crippen molar-refractivity contribution in [1.29, 1.82) is 0 Å². The molecule has 1 aromatic rings. The highest BCUT2D eigenvalue weighted by molar-refractivity contribution is 5.92. The van der Waals surface area contributed by atoms with Gasteiger partial charge in [-0.1, -0.05) is 6.92 Å². The predicted molar refractivity (Wildman–Crippen MR) is 93.0 cm³/mol. The van der Waals surface area contributed by atoms with Crippen LogP contribution >= 0.6 is 0 Å². The van der Waals surface area contributed by atoms with Gasteiger partial charge in [0.15, 0.2) is 0 Å². The maximum absolute atomic E-state index is 12.2. The third kappa shape index (κ3) is 3.19. The van der Waals surface area contributed by atoms with Gasteiger partial charge in [-0.15, -0.1) is 0 Å². The number of hydrogen-bond donors (Lipinski definition) is 1. The van der Waals surface area contributed by atoms with Crippen LogP contribution in [0.25, 0.3) is 0 Å². The van der Waals surface area contributed by atoms with Crippen molar-refractivity contribution in [3.8, 4) is 0 Å². The summed E-state index contributed by atoms with van der Waals surface area (Å²) in [5.74, 6) is 1.46. The first-order valence-electron chi connectivity index (χ1n) is 9.30. The maximum atomic E-state index is 12.2. The summed E-state index contributed by atoms with van der Waals surface area (Å²) in [5.41, 5.74) is 0.558. The third-order valence-corrected chi connectivity index (χ3v) is 6.06. The number of likely N-dealkylation sites (tertiary alicyclic amines) is 1. The van der Waals surface area contributed by atoms with Crippen LogP contribution in [0.4, 0.5) is 0 Å². The first-order valence-corrected chi connectivity index (χ1v) is 9.30.